The van der Waals surface area contributed by atoms with E-state index in [0.29, 0.717) is 0 Å². The van der Waals surface area contributed by atoms with E-state index in [9.17, 15) is 0 Å². The Morgan fingerprint density at radius 2 is 2.13 bits per heavy atom. The Kier molecular flexibility index (Phi) is 5.21. The minimum atomic E-state index is 0.119. The number of nitrogens with two attached hydrogens (primary N) is 1. The maximum atomic E-state index is 8.64. The number of amidine groups is 1. The number of aliphatic hydroxyl groups is 1. The smallest absolute Gasteiger partial charge is 0.123 e. The Morgan fingerprint density at radius 1 is 1.40 bits per heavy atom. The molecule has 0 aliphatic carbocycles. The number of aliphatic hydroxyl groups excluding tert-OH is 1. The first kappa shape index (κ1) is 12.1. The maximum absolute atomic E-state index is 8.64. The van der Waals surface area contributed by atoms with E-state index >= 15 is 0 Å². The van der Waals surface area contributed by atoms with Crippen LogP contribution in [0.4, 0.5) is 0 Å². The van der Waals surface area contributed by atoms with Gasteiger partial charge >= 0.3 is 0 Å². The van der Waals surface area contributed by atoms with Crippen molar-refractivity contribution in [3.63, 3.8) is 0 Å². The lowest BCUT2D eigenvalue weighted by atomic mass is 10.1. The summed E-state index contributed by atoms with van der Waals surface area (Å²) in [6, 6.07) is 7.69. The van der Waals surface area contributed by atoms with Crippen LogP contribution in [0.5, 0.6) is 0 Å². The van der Waals surface area contributed by atoms with Gasteiger partial charge in [0.2, 0.25) is 0 Å². The lowest BCUT2D eigenvalue weighted by molar-refractivity contribution is 0.296. The molecule has 4 N–H and O–H groups in total. The summed E-state index contributed by atoms with van der Waals surface area (Å²) in [5, 5.41) is 16.1. The van der Waals surface area contributed by atoms with E-state index in [2.05, 4.69) is 0 Å². The molecular weight excluding hydrogens is 208 g/mol. The average molecular weight is 224 g/mol. The van der Waals surface area contributed by atoms with Gasteiger partial charge in [-0.25, -0.2) is 0 Å². The van der Waals surface area contributed by atoms with Crippen molar-refractivity contribution < 1.29 is 5.11 Å². The molecule has 0 saturated carbocycles. The zero-order valence-electron chi connectivity index (χ0n) is 8.57. The quantitative estimate of drug-likeness (QED) is 0.390. The molecule has 0 saturated heterocycles. The van der Waals surface area contributed by atoms with Gasteiger partial charge in [-0.05, 0) is 17.7 Å². The molecule has 0 unspecified atom stereocenters. The number of rotatable bonds is 6. The van der Waals surface area contributed by atoms with Gasteiger partial charge in [0.15, 0.2) is 0 Å². The second kappa shape index (κ2) is 6.48. The van der Waals surface area contributed by atoms with Gasteiger partial charge in [0.1, 0.15) is 5.84 Å². The molecule has 4 heteroatoms. The van der Waals surface area contributed by atoms with Crippen LogP contribution >= 0.6 is 11.8 Å². The molecule has 3 nitrogen and oxygen atoms in total. The lowest BCUT2D eigenvalue weighted by Gasteiger charge is -2.07. The van der Waals surface area contributed by atoms with Crippen LogP contribution in [0.2, 0.25) is 0 Å². The second-order valence-corrected chi connectivity index (χ2v) is 4.31. The number of thioether (sulfide) groups is 1. The lowest BCUT2D eigenvalue weighted by Crippen LogP contribution is -2.13. The molecule has 0 spiro atoms. The fourth-order valence-electron chi connectivity index (χ4n) is 1.26. The van der Waals surface area contributed by atoms with Crippen LogP contribution in [-0.2, 0) is 5.75 Å². The van der Waals surface area contributed by atoms with Gasteiger partial charge in [0.25, 0.3) is 0 Å². The van der Waals surface area contributed by atoms with E-state index in [1.807, 2.05) is 24.3 Å². The van der Waals surface area contributed by atoms with E-state index in [1.165, 1.54) is 0 Å². The molecule has 0 heterocycles. The van der Waals surface area contributed by atoms with E-state index in [-0.39, 0.29) is 12.4 Å². The summed E-state index contributed by atoms with van der Waals surface area (Å²) >= 11 is 1.75. The highest BCUT2D eigenvalue weighted by atomic mass is 32.2. The maximum Gasteiger partial charge on any atom is 0.123 e. The Morgan fingerprint density at radius 3 is 2.80 bits per heavy atom. The highest BCUT2D eigenvalue weighted by Crippen LogP contribution is 2.16. The predicted molar refractivity (Wildman–Crippen MR) is 65.3 cm³/mol. The van der Waals surface area contributed by atoms with E-state index in [1.54, 1.807) is 11.8 Å². The largest absolute Gasteiger partial charge is 0.396 e. The van der Waals surface area contributed by atoms with Crippen molar-refractivity contribution in [1.82, 2.24) is 0 Å². The molecule has 0 aromatic heterocycles. The molecule has 0 bridgehead atoms. The van der Waals surface area contributed by atoms with E-state index < -0.39 is 0 Å². The second-order valence-electron chi connectivity index (χ2n) is 3.20. The summed E-state index contributed by atoms with van der Waals surface area (Å²) in [6.07, 6.45) is 0.812. The minimum Gasteiger partial charge on any atom is -0.396 e. The molecule has 0 fully saturated rings. The van der Waals surface area contributed by atoms with Crippen molar-refractivity contribution in [2.75, 3.05) is 12.4 Å². The average Bonchev–Trinajstić information content (AvgIpc) is 2.25. The molecule has 15 heavy (non-hydrogen) atoms. The highest BCUT2D eigenvalue weighted by Gasteiger charge is 2.03. The van der Waals surface area contributed by atoms with Crippen LogP contribution in [0, 0.1) is 5.41 Å². The molecule has 0 aliphatic rings. The summed E-state index contributed by atoms with van der Waals surface area (Å²) in [7, 11) is 0. The zero-order chi connectivity index (χ0) is 11.1. The standard InChI is InChI=1S/C11H16N2OS/c12-11(13)10-5-2-1-4-9(10)8-15-7-3-6-14/h1-2,4-5,14H,3,6-8H2,(H3,12,13). The van der Waals surface area contributed by atoms with Crippen LogP contribution in [0.15, 0.2) is 24.3 Å². The van der Waals surface area contributed by atoms with Gasteiger partial charge in [0, 0.05) is 17.9 Å². The molecule has 0 atom stereocenters. The third kappa shape index (κ3) is 3.93. The molecule has 0 aliphatic heterocycles. The third-order valence-corrected chi connectivity index (χ3v) is 3.10. The first-order chi connectivity index (χ1) is 7.25. The van der Waals surface area contributed by atoms with E-state index in [4.69, 9.17) is 16.2 Å². The fourth-order valence-corrected chi connectivity index (χ4v) is 2.21. The minimum absolute atomic E-state index is 0.119. The number of nitrogen functional groups attached to an aromatic ring is 1. The SMILES string of the molecule is N=C(N)c1ccccc1CSCCCO. The monoisotopic (exact) mass is 224 g/mol. The zero-order valence-corrected chi connectivity index (χ0v) is 9.39. The van der Waals surface area contributed by atoms with Crippen LogP contribution in [0.3, 0.4) is 0 Å². The summed E-state index contributed by atoms with van der Waals surface area (Å²) in [5.74, 6) is 1.90. The van der Waals surface area contributed by atoms with Crippen LogP contribution in [0.1, 0.15) is 17.5 Å². The van der Waals surface area contributed by atoms with Crippen molar-refractivity contribution in [2.24, 2.45) is 5.73 Å². The Bertz CT molecular complexity index is 328. The van der Waals surface area contributed by atoms with Gasteiger partial charge in [-0.2, -0.15) is 11.8 Å². The van der Waals surface area contributed by atoms with Gasteiger partial charge in [0.05, 0.1) is 0 Å². The summed E-state index contributed by atoms with van der Waals surface area (Å²) in [5.41, 5.74) is 7.38. The van der Waals surface area contributed by atoms with Crippen molar-refractivity contribution >= 4 is 17.6 Å². The number of benzene rings is 1. The van der Waals surface area contributed by atoms with Crippen molar-refractivity contribution in [3.05, 3.63) is 35.4 Å². The van der Waals surface area contributed by atoms with Crippen LogP contribution in [-0.4, -0.2) is 23.3 Å². The molecule has 0 radical (unpaired) electrons. The Balaban J connectivity index is 2.56. The summed E-state index contributed by atoms with van der Waals surface area (Å²) < 4.78 is 0. The van der Waals surface area contributed by atoms with Crippen LogP contribution in [0.25, 0.3) is 0 Å². The molecular formula is C11H16N2OS. The predicted octanol–water partition coefficient (Wildman–Crippen LogP) is 1.59. The Hall–Kier alpha value is -1.00. The molecule has 1 aromatic rings. The summed E-state index contributed by atoms with van der Waals surface area (Å²) in [6.45, 7) is 0.237. The van der Waals surface area contributed by atoms with Gasteiger partial charge in [-0.1, -0.05) is 24.3 Å². The molecule has 1 rings (SSSR count). The van der Waals surface area contributed by atoms with Crippen LogP contribution < -0.4 is 5.73 Å². The highest BCUT2D eigenvalue weighted by molar-refractivity contribution is 7.98. The van der Waals surface area contributed by atoms with E-state index in [0.717, 1.165) is 29.1 Å². The summed E-state index contributed by atoms with van der Waals surface area (Å²) in [4.78, 5) is 0. The van der Waals surface area contributed by atoms with Gasteiger partial charge in [-0.15, -0.1) is 0 Å². The van der Waals surface area contributed by atoms with Crippen molar-refractivity contribution in [2.45, 2.75) is 12.2 Å². The third-order valence-electron chi connectivity index (χ3n) is 2.01. The molecule has 1 aromatic carbocycles. The normalized spacial score (nSPS) is 10.2. The number of hydrogen-bond donors (Lipinski definition) is 3. The number of nitrogens with one attached hydrogen (secondary N) is 1. The fraction of sp³-hybridized carbons (Fsp3) is 0.364. The number of hydrogen-bond acceptors (Lipinski definition) is 3. The molecule has 82 valence electrons. The van der Waals surface area contributed by atoms with Crippen molar-refractivity contribution in [1.29, 1.82) is 5.41 Å². The Labute approximate surface area is 94.2 Å². The molecule has 0 amide bonds. The topological polar surface area (TPSA) is 70.1 Å². The van der Waals surface area contributed by atoms with Gasteiger partial charge < -0.3 is 10.8 Å². The first-order valence-electron chi connectivity index (χ1n) is 4.86. The first-order valence-corrected chi connectivity index (χ1v) is 6.02. The van der Waals surface area contributed by atoms with Crippen molar-refractivity contribution in [3.8, 4) is 0 Å². The van der Waals surface area contributed by atoms with Gasteiger partial charge in [-0.3, -0.25) is 5.41 Å².